The van der Waals surface area contributed by atoms with Crippen LogP contribution in [-0.4, -0.2) is 51.0 Å². The molecule has 1 fully saturated rings. The van der Waals surface area contributed by atoms with E-state index in [-0.39, 0.29) is 23.0 Å². The fourth-order valence-electron chi connectivity index (χ4n) is 3.89. The predicted octanol–water partition coefficient (Wildman–Crippen LogP) is 5.31. The lowest BCUT2D eigenvalue weighted by atomic mass is 10.2. The lowest BCUT2D eigenvalue weighted by Gasteiger charge is -2.35. The fraction of sp³-hybridized carbons (Fsp3) is 0.200. The van der Waals surface area contributed by atoms with Gasteiger partial charge in [-0.2, -0.15) is 0 Å². The van der Waals surface area contributed by atoms with Crippen molar-refractivity contribution in [1.29, 1.82) is 0 Å². The van der Waals surface area contributed by atoms with Gasteiger partial charge in [0.05, 0.1) is 9.82 Å². The smallest absolute Gasteiger partial charge is 0.293 e. The Morgan fingerprint density at radius 3 is 2.28 bits per heavy atom. The van der Waals surface area contributed by atoms with Gasteiger partial charge in [-0.25, -0.2) is 8.42 Å². The molecule has 190 valence electrons. The largest absolute Gasteiger partial charge is 0.363 e. The topological polar surface area (TPSA) is 95.8 Å². The Morgan fingerprint density at radius 2 is 1.64 bits per heavy atom. The van der Waals surface area contributed by atoms with Crippen molar-refractivity contribution in [3.63, 3.8) is 0 Å². The van der Waals surface area contributed by atoms with Crippen LogP contribution in [0.1, 0.15) is 5.56 Å². The van der Waals surface area contributed by atoms with Crippen LogP contribution >= 0.6 is 24.0 Å². The Kier molecular flexibility index (Phi) is 9.33. The van der Waals surface area contributed by atoms with Crippen molar-refractivity contribution in [2.24, 2.45) is 0 Å². The van der Waals surface area contributed by atoms with Crippen LogP contribution in [0.4, 0.5) is 17.1 Å². The number of benzene rings is 3. The van der Waals surface area contributed by atoms with Crippen molar-refractivity contribution in [1.82, 2.24) is 4.90 Å². The number of sulfonamides is 1. The van der Waals surface area contributed by atoms with Gasteiger partial charge in [-0.15, -0.1) is 12.4 Å². The van der Waals surface area contributed by atoms with Gasteiger partial charge in [-0.1, -0.05) is 54.1 Å². The first-order valence-electron chi connectivity index (χ1n) is 11.1. The summed E-state index contributed by atoms with van der Waals surface area (Å²) in [5.41, 5.74) is 1.64. The number of halogens is 2. The Labute approximate surface area is 221 Å². The van der Waals surface area contributed by atoms with Crippen LogP contribution in [0.15, 0.2) is 83.8 Å². The second-order valence-corrected chi connectivity index (χ2v) is 10.2. The Bertz CT molecular complexity index is 1310. The van der Waals surface area contributed by atoms with Crippen LogP contribution < -0.4 is 9.62 Å². The maximum Gasteiger partial charge on any atom is 0.293 e. The fourth-order valence-corrected chi connectivity index (χ4v) is 5.09. The van der Waals surface area contributed by atoms with E-state index in [9.17, 15) is 18.5 Å². The summed E-state index contributed by atoms with van der Waals surface area (Å²) < 4.78 is 28.0. The van der Waals surface area contributed by atoms with Gasteiger partial charge in [0.25, 0.3) is 15.7 Å². The van der Waals surface area contributed by atoms with Gasteiger partial charge in [0.1, 0.15) is 5.69 Å². The van der Waals surface area contributed by atoms with Crippen LogP contribution in [0.2, 0.25) is 5.02 Å². The molecule has 0 aromatic heterocycles. The summed E-state index contributed by atoms with van der Waals surface area (Å²) in [5.74, 6) is 0. The van der Waals surface area contributed by atoms with E-state index >= 15 is 0 Å². The van der Waals surface area contributed by atoms with E-state index in [1.54, 1.807) is 12.1 Å². The van der Waals surface area contributed by atoms with E-state index in [4.69, 9.17) is 11.6 Å². The normalized spacial score (nSPS) is 14.4. The molecule has 4 rings (SSSR count). The molecule has 3 aromatic carbocycles. The summed E-state index contributed by atoms with van der Waals surface area (Å²) in [4.78, 5) is 15.3. The average molecular weight is 549 g/mol. The molecule has 0 amide bonds. The maximum atomic E-state index is 12.8. The molecule has 1 heterocycles. The van der Waals surface area contributed by atoms with Gasteiger partial charge in [-0.3, -0.25) is 19.7 Å². The zero-order valence-corrected chi connectivity index (χ0v) is 21.7. The van der Waals surface area contributed by atoms with Gasteiger partial charge in [0, 0.05) is 49.5 Å². The summed E-state index contributed by atoms with van der Waals surface area (Å²) in [5, 5.41) is 12.3. The number of anilines is 2. The van der Waals surface area contributed by atoms with E-state index in [2.05, 4.69) is 21.8 Å². The van der Waals surface area contributed by atoms with Gasteiger partial charge in [-0.05, 0) is 42.0 Å². The molecular formula is C25H26Cl2N4O4S. The van der Waals surface area contributed by atoms with Gasteiger partial charge < -0.3 is 4.90 Å². The lowest BCUT2D eigenvalue weighted by Crippen LogP contribution is -2.46. The van der Waals surface area contributed by atoms with Crippen molar-refractivity contribution in [2.75, 3.05) is 42.3 Å². The second-order valence-electron chi connectivity index (χ2n) is 8.12. The molecule has 0 aliphatic carbocycles. The summed E-state index contributed by atoms with van der Waals surface area (Å²) in [6.07, 6.45) is 4.19. The van der Waals surface area contributed by atoms with E-state index in [1.165, 1.54) is 24.3 Å². The Hall–Kier alpha value is -3.11. The molecule has 0 spiro atoms. The van der Waals surface area contributed by atoms with Crippen LogP contribution in [-0.2, 0) is 10.0 Å². The number of hydrogen-bond donors (Lipinski definition) is 1. The number of hydrogen-bond acceptors (Lipinski definition) is 6. The molecular weight excluding hydrogens is 523 g/mol. The first kappa shape index (κ1) is 27.5. The molecule has 0 unspecified atom stereocenters. The van der Waals surface area contributed by atoms with Crippen LogP contribution in [0.3, 0.4) is 0 Å². The highest BCUT2D eigenvalue weighted by atomic mass is 35.5. The molecule has 0 atom stereocenters. The van der Waals surface area contributed by atoms with E-state index in [1.807, 2.05) is 35.2 Å². The number of piperazine rings is 1. The van der Waals surface area contributed by atoms with Crippen molar-refractivity contribution in [3.8, 4) is 0 Å². The summed E-state index contributed by atoms with van der Waals surface area (Å²) >= 11 is 5.84. The third-order valence-electron chi connectivity index (χ3n) is 5.74. The van der Waals surface area contributed by atoms with Gasteiger partial charge in [0.15, 0.2) is 0 Å². The minimum atomic E-state index is -4.00. The van der Waals surface area contributed by atoms with Crippen molar-refractivity contribution in [3.05, 3.63) is 99.6 Å². The van der Waals surface area contributed by atoms with Crippen LogP contribution in [0.5, 0.6) is 0 Å². The highest BCUT2D eigenvalue weighted by Crippen LogP contribution is 2.32. The molecule has 3 aromatic rings. The monoisotopic (exact) mass is 548 g/mol. The number of nitrogens with one attached hydrogen (secondary N) is 1. The average Bonchev–Trinajstić information content (AvgIpc) is 2.86. The number of nitro groups is 1. The van der Waals surface area contributed by atoms with E-state index < -0.39 is 14.9 Å². The van der Waals surface area contributed by atoms with Crippen LogP contribution in [0, 0.1) is 10.1 Å². The Balaban J connectivity index is 0.00000361. The van der Waals surface area contributed by atoms with Crippen LogP contribution in [0.25, 0.3) is 6.08 Å². The summed E-state index contributed by atoms with van der Waals surface area (Å²) in [6, 6.07) is 20.3. The number of nitro benzene ring substituents is 1. The standard InChI is InChI=1S/C25H25ClN4O4S.ClH/c26-21-8-10-22(11-9-21)27-35(33,34)23-12-13-24(25(19-23)30(31)32)29-17-15-28(16-18-29)14-4-7-20-5-2-1-3-6-20;/h1-13,19,27H,14-18H2;1H/b7-4+;. The maximum absolute atomic E-state index is 12.8. The Morgan fingerprint density at radius 1 is 0.972 bits per heavy atom. The molecule has 1 aliphatic heterocycles. The SMILES string of the molecule is Cl.O=[N+]([O-])c1cc(S(=O)(=O)Nc2ccc(Cl)cc2)ccc1N1CCN(C/C=C/c2ccccc2)CC1. The lowest BCUT2D eigenvalue weighted by molar-refractivity contribution is -0.384. The van der Waals surface area contributed by atoms with Crippen molar-refractivity contribution < 1.29 is 13.3 Å². The predicted molar refractivity (Wildman–Crippen MR) is 147 cm³/mol. The molecule has 0 saturated carbocycles. The van der Waals surface area contributed by atoms with Gasteiger partial charge >= 0.3 is 0 Å². The molecule has 8 nitrogen and oxygen atoms in total. The minimum absolute atomic E-state index is 0. The van der Waals surface area contributed by atoms with Gasteiger partial charge in [0.2, 0.25) is 0 Å². The first-order chi connectivity index (χ1) is 16.8. The third kappa shape index (κ3) is 6.98. The molecule has 0 radical (unpaired) electrons. The molecule has 11 heteroatoms. The van der Waals surface area contributed by atoms with Crippen molar-refractivity contribution in [2.45, 2.75) is 4.90 Å². The van der Waals surface area contributed by atoms with Crippen molar-refractivity contribution >= 4 is 57.2 Å². The van der Waals surface area contributed by atoms with E-state index in [0.29, 0.717) is 29.5 Å². The molecule has 36 heavy (non-hydrogen) atoms. The molecule has 1 aliphatic rings. The van der Waals surface area contributed by atoms with E-state index in [0.717, 1.165) is 31.3 Å². The summed E-state index contributed by atoms with van der Waals surface area (Å²) in [7, 11) is -4.00. The number of rotatable bonds is 8. The highest BCUT2D eigenvalue weighted by molar-refractivity contribution is 7.92. The second kappa shape index (κ2) is 12.2. The summed E-state index contributed by atoms with van der Waals surface area (Å²) in [6.45, 7) is 3.49. The molecule has 1 N–H and O–H groups in total. The number of nitrogens with zero attached hydrogens (tertiary/aromatic N) is 3. The quantitative estimate of drug-likeness (QED) is 0.303. The zero-order valence-electron chi connectivity index (χ0n) is 19.3. The molecule has 1 saturated heterocycles. The minimum Gasteiger partial charge on any atom is -0.363 e. The zero-order chi connectivity index (χ0) is 24.8. The molecule has 0 bridgehead atoms. The first-order valence-corrected chi connectivity index (χ1v) is 12.9. The third-order valence-corrected chi connectivity index (χ3v) is 7.37. The highest BCUT2D eigenvalue weighted by Gasteiger charge is 2.26.